The molecule has 2 heterocycles. The minimum Gasteiger partial charge on any atom is -0.444 e. The molecule has 1 aliphatic carbocycles. The largest absolute Gasteiger partial charge is 0.444 e. The number of alkyl carbamates (subject to hydrolysis) is 1. The number of carbonyl (C=O) groups excluding carboxylic acids is 3. The zero-order valence-corrected chi connectivity index (χ0v) is 27.0. The maximum Gasteiger partial charge on any atom is 0.439 e. The molecule has 0 bridgehead atoms. The molecular formula is C36H41N5O6. The quantitative estimate of drug-likeness (QED) is 0.176. The van der Waals surface area contributed by atoms with Crippen LogP contribution in [0.4, 0.5) is 10.5 Å². The summed E-state index contributed by atoms with van der Waals surface area (Å²) in [5.74, 6) is -0.931. The molecule has 0 saturated heterocycles. The molecule has 246 valence electrons. The minimum absolute atomic E-state index is 0.0856. The Morgan fingerprint density at radius 1 is 0.915 bits per heavy atom. The van der Waals surface area contributed by atoms with Crippen molar-refractivity contribution in [1.29, 1.82) is 0 Å². The number of anilines is 1. The van der Waals surface area contributed by atoms with Crippen LogP contribution < -0.4 is 16.4 Å². The summed E-state index contributed by atoms with van der Waals surface area (Å²) < 4.78 is 9.91. The predicted octanol–water partition coefficient (Wildman–Crippen LogP) is 6.18. The lowest BCUT2D eigenvalue weighted by atomic mass is 9.77. The maximum absolute atomic E-state index is 13.7. The summed E-state index contributed by atoms with van der Waals surface area (Å²) in [7, 11) is 0. The van der Waals surface area contributed by atoms with Crippen LogP contribution in [0.5, 0.6) is 0 Å². The van der Waals surface area contributed by atoms with E-state index in [1.807, 2.05) is 57.2 Å². The van der Waals surface area contributed by atoms with E-state index >= 15 is 0 Å². The van der Waals surface area contributed by atoms with Gasteiger partial charge in [-0.3, -0.25) is 24.1 Å². The van der Waals surface area contributed by atoms with Gasteiger partial charge in [-0.2, -0.15) is 0 Å². The molecule has 0 radical (unpaired) electrons. The van der Waals surface area contributed by atoms with E-state index in [9.17, 15) is 19.2 Å². The fourth-order valence-electron chi connectivity index (χ4n) is 5.87. The number of aromatic amines is 1. The molecule has 1 fully saturated rings. The zero-order chi connectivity index (χ0) is 33.4. The summed E-state index contributed by atoms with van der Waals surface area (Å²) in [6.07, 6.45) is 6.69. The van der Waals surface area contributed by atoms with Gasteiger partial charge in [0.1, 0.15) is 11.4 Å². The van der Waals surface area contributed by atoms with Gasteiger partial charge < -0.3 is 15.4 Å². The number of amides is 2. The molecule has 47 heavy (non-hydrogen) atoms. The van der Waals surface area contributed by atoms with Crippen molar-refractivity contribution in [2.24, 2.45) is 17.8 Å². The SMILES string of the molecule is CC(C)(C)OC(=O)NCC1CCC(C(=O)C[C@@H](Cc2ccc(-c3ccncc3)cc2)C(=O)Nc2ccc(-c3noc(=O)[nH]3)cc2)CC1. The third-order valence-electron chi connectivity index (χ3n) is 8.37. The number of rotatable bonds is 11. The lowest BCUT2D eigenvalue weighted by molar-refractivity contribution is -0.129. The van der Waals surface area contributed by atoms with Gasteiger partial charge in [0.15, 0.2) is 5.82 Å². The van der Waals surface area contributed by atoms with Gasteiger partial charge in [-0.15, -0.1) is 0 Å². The highest BCUT2D eigenvalue weighted by Gasteiger charge is 2.31. The molecule has 2 aromatic carbocycles. The Morgan fingerprint density at radius 2 is 1.55 bits per heavy atom. The van der Waals surface area contributed by atoms with Crippen molar-refractivity contribution in [3.63, 3.8) is 0 Å². The topological polar surface area (TPSA) is 156 Å². The molecule has 4 aromatic rings. The summed E-state index contributed by atoms with van der Waals surface area (Å²) in [5, 5.41) is 9.52. The maximum atomic E-state index is 13.7. The summed E-state index contributed by atoms with van der Waals surface area (Å²) in [6.45, 7) is 6.00. The second kappa shape index (κ2) is 15.0. The number of H-pyrrole nitrogens is 1. The third kappa shape index (κ3) is 9.71. The number of aromatic nitrogens is 3. The summed E-state index contributed by atoms with van der Waals surface area (Å²) >= 11 is 0. The first-order valence-corrected chi connectivity index (χ1v) is 16.0. The number of nitrogens with zero attached hydrogens (tertiary/aromatic N) is 2. The van der Waals surface area contributed by atoms with Crippen LogP contribution in [0.25, 0.3) is 22.5 Å². The molecule has 1 atom stereocenters. The van der Waals surface area contributed by atoms with Crippen LogP contribution in [0.15, 0.2) is 82.4 Å². The lowest BCUT2D eigenvalue weighted by Crippen LogP contribution is -2.37. The van der Waals surface area contributed by atoms with E-state index in [-0.39, 0.29) is 29.9 Å². The van der Waals surface area contributed by atoms with Crippen LogP contribution in [0.2, 0.25) is 0 Å². The van der Waals surface area contributed by atoms with Gasteiger partial charge >= 0.3 is 11.8 Å². The number of benzene rings is 2. The van der Waals surface area contributed by atoms with Gasteiger partial charge in [-0.25, -0.2) is 9.59 Å². The van der Waals surface area contributed by atoms with Gasteiger partial charge in [-0.05, 0) is 112 Å². The molecule has 2 aromatic heterocycles. The van der Waals surface area contributed by atoms with Crippen LogP contribution >= 0.6 is 0 Å². The number of nitrogens with one attached hydrogen (secondary N) is 3. The molecule has 2 amide bonds. The Balaban J connectivity index is 1.23. The Kier molecular flexibility index (Phi) is 10.6. The fourth-order valence-corrected chi connectivity index (χ4v) is 5.87. The standard InChI is InChI=1S/C36H41N5O6/c1-36(2,3)46-34(44)38-22-24-6-10-27(11-7-24)31(42)21-29(20-23-4-8-25(9-5-23)26-16-18-37-19-17-26)33(43)39-30-14-12-28(13-15-30)32-40-35(45)47-41-32/h4-5,8-9,12-19,24,27,29H,6-7,10-11,20-22H2,1-3H3,(H,38,44)(H,39,43)(H,40,41,45)/t24?,27?,29-/m1/s1. The monoisotopic (exact) mass is 639 g/mol. The highest BCUT2D eigenvalue weighted by Crippen LogP contribution is 2.32. The normalized spacial score (nSPS) is 17.0. The molecular weight excluding hydrogens is 598 g/mol. The van der Waals surface area contributed by atoms with E-state index in [1.54, 1.807) is 36.7 Å². The molecule has 0 aliphatic heterocycles. The van der Waals surface area contributed by atoms with Crippen molar-refractivity contribution in [1.82, 2.24) is 20.4 Å². The number of Topliss-reactive ketones (excluding diaryl/α,β-unsaturated/α-hetero) is 1. The Morgan fingerprint density at radius 3 is 2.17 bits per heavy atom. The Labute approximate surface area is 273 Å². The van der Waals surface area contributed by atoms with Crippen molar-refractivity contribution in [2.75, 3.05) is 11.9 Å². The van der Waals surface area contributed by atoms with E-state index in [0.29, 0.717) is 30.0 Å². The predicted molar refractivity (Wildman–Crippen MR) is 177 cm³/mol. The summed E-state index contributed by atoms with van der Waals surface area (Å²) in [4.78, 5) is 57.3. The van der Waals surface area contributed by atoms with E-state index in [2.05, 4.69) is 30.3 Å². The highest BCUT2D eigenvalue weighted by molar-refractivity contribution is 5.96. The molecule has 3 N–H and O–H groups in total. The van der Waals surface area contributed by atoms with Gasteiger partial charge in [-0.1, -0.05) is 29.4 Å². The summed E-state index contributed by atoms with van der Waals surface area (Å²) in [5.41, 5.74) is 3.69. The van der Waals surface area contributed by atoms with Crippen molar-refractivity contribution in [2.45, 2.75) is 64.9 Å². The fraction of sp³-hybridized carbons (Fsp3) is 0.389. The van der Waals surface area contributed by atoms with Gasteiger partial charge in [0.25, 0.3) is 0 Å². The van der Waals surface area contributed by atoms with Gasteiger partial charge in [0, 0.05) is 48.4 Å². The Bertz CT molecular complexity index is 1700. The van der Waals surface area contributed by atoms with E-state index in [0.717, 1.165) is 42.4 Å². The second-order valence-corrected chi connectivity index (χ2v) is 13.1. The molecule has 1 aliphatic rings. The Hall–Kier alpha value is -5.06. The van der Waals surface area contributed by atoms with Crippen LogP contribution in [-0.4, -0.2) is 45.1 Å². The molecule has 1 saturated carbocycles. The van der Waals surface area contributed by atoms with Crippen LogP contribution in [-0.2, 0) is 20.7 Å². The minimum atomic E-state index is -0.648. The van der Waals surface area contributed by atoms with Crippen LogP contribution in [0.1, 0.15) is 58.4 Å². The number of ether oxygens (including phenoxy) is 1. The van der Waals surface area contributed by atoms with Crippen molar-refractivity contribution < 1.29 is 23.6 Å². The number of ketones is 1. The zero-order valence-electron chi connectivity index (χ0n) is 27.0. The van der Waals surface area contributed by atoms with Crippen molar-refractivity contribution >= 4 is 23.5 Å². The second-order valence-electron chi connectivity index (χ2n) is 13.1. The van der Waals surface area contributed by atoms with E-state index in [1.165, 1.54) is 0 Å². The molecule has 0 unspecified atom stereocenters. The van der Waals surface area contributed by atoms with Crippen LogP contribution in [0.3, 0.4) is 0 Å². The number of carbonyl (C=O) groups is 3. The van der Waals surface area contributed by atoms with Gasteiger partial charge in [0.05, 0.1) is 0 Å². The first-order valence-electron chi connectivity index (χ1n) is 16.0. The first-order chi connectivity index (χ1) is 22.5. The van der Waals surface area contributed by atoms with Crippen LogP contribution in [0, 0.1) is 17.8 Å². The lowest BCUT2D eigenvalue weighted by Gasteiger charge is -2.29. The highest BCUT2D eigenvalue weighted by atomic mass is 16.6. The molecule has 0 spiro atoms. The number of pyridine rings is 1. The van der Waals surface area contributed by atoms with Crippen molar-refractivity contribution in [3.8, 4) is 22.5 Å². The molecule has 5 rings (SSSR count). The third-order valence-corrected chi connectivity index (χ3v) is 8.37. The molecule has 11 heteroatoms. The summed E-state index contributed by atoms with van der Waals surface area (Å²) in [6, 6.07) is 18.8. The average molecular weight is 640 g/mol. The first kappa shape index (κ1) is 33.3. The smallest absolute Gasteiger partial charge is 0.439 e. The average Bonchev–Trinajstić information content (AvgIpc) is 3.50. The molecule has 11 nitrogen and oxygen atoms in total. The van der Waals surface area contributed by atoms with E-state index < -0.39 is 23.4 Å². The van der Waals surface area contributed by atoms with Gasteiger partial charge in [0.2, 0.25) is 5.91 Å². The van der Waals surface area contributed by atoms with Crippen molar-refractivity contribution in [3.05, 3.63) is 89.2 Å². The number of hydrogen-bond donors (Lipinski definition) is 3. The number of hydrogen-bond acceptors (Lipinski definition) is 8. The van der Waals surface area contributed by atoms with E-state index in [4.69, 9.17) is 4.74 Å².